The smallest absolute Gasteiger partial charge is 0.405 e. The zero-order valence-corrected chi connectivity index (χ0v) is 21.6. The van der Waals surface area contributed by atoms with Crippen LogP contribution in [0.5, 0.6) is 11.5 Å². The Morgan fingerprint density at radius 1 is 1.00 bits per heavy atom. The van der Waals surface area contributed by atoms with Crippen molar-refractivity contribution in [1.82, 2.24) is 10.6 Å². The summed E-state index contributed by atoms with van der Waals surface area (Å²) in [4.78, 5) is 11.4. The summed E-state index contributed by atoms with van der Waals surface area (Å²) in [6.07, 6.45) is 3.26. The van der Waals surface area contributed by atoms with Gasteiger partial charge in [-0.05, 0) is 66.8 Å². The molecule has 3 atom stereocenters. The summed E-state index contributed by atoms with van der Waals surface area (Å²) < 4.78 is 5.92. The number of phenolic OH excluding ortho intramolecular Hbond substituents is 1. The van der Waals surface area contributed by atoms with E-state index in [-0.39, 0.29) is 5.75 Å². The Hall–Kier alpha value is -4.05. The number of rotatable bonds is 13. The molecule has 0 fully saturated rings. The topological polar surface area (TPSA) is 143 Å². The molecule has 0 bridgehead atoms. The van der Waals surface area contributed by atoms with Gasteiger partial charge in [0.05, 0.1) is 24.4 Å². The number of unbranched alkanes of at least 4 members (excludes halogenated alkanes) is 2. The molecule has 3 aromatic carbocycles. The molecule has 3 aromatic rings. The minimum absolute atomic E-state index is 0.0270. The number of aromatic hydroxyl groups is 1. The van der Waals surface area contributed by atoms with E-state index in [0.29, 0.717) is 35.7 Å². The van der Waals surface area contributed by atoms with Gasteiger partial charge in [0.2, 0.25) is 0 Å². The first-order chi connectivity index (χ1) is 18.9. The third-order valence-electron chi connectivity index (χ3n) is 6.55. The van der Waals surface area contributed by atoms with Crippen LogP contribution in [0.3, 0.4) is 0 Å². The molecule has 3 unspecified atom stereocenters. The number of nitrogens with one attached hydrogen (secondary N) is 3. The van der Waals surface area contributed by atoms with Crippen LogP contribution in [0.1, 0.15) is 53.7 Å². The van der Waals surface area contributed by atoms with Crippen LogP contribution in [0.2, 0.25) is 0 Å². The largest absolute Gasteiger partial charge is 0.506 e. The fourth-order valence-corrected chi connectivity index (χ4v) is 4.61. The van der Waals surface area contributed by atoms with E-state index in [0.717, 1.165) is 36.9 Å². The van der Waals surface area contributed by atoms with E-state index in [4.69, 9.17) is 4.74 Å². The molecule has 9 heteroatoms. The van der Waals surface area contributed by atoms with E-state index < -0.39 is 24.5 Å². The first-order valence-corrected chi connectivity index (χ1v) is 13.1. The molecule has 0 radical (unpaired) electrons. The standard InChI is InChI=1S/C30H35N3O6/c34-25-14-12-23(24-13-15-27(36)32-29(24)25)26(35)19-31-16-5-2-6-17-39-22-11-7-10-21(18-22)28(33-30(37)38)20-8-3-1-4-9-20/h1,3-4,7-15,18,26-28,31-36H,2,5-6,16-17,19H2,(H,37,38). The first-order valence-electron chi connectivity index (χ1n) is 13.1. The fraction of sp³-hybridized carbons (Fsp3) is 0.300. The van der Waals surface area contributed by atoms with Gasteiger partial charge in [0, 0.05) is 12.1 Å². The Morgan fingerprint density at radius 2 is 1.79 bits per heavy atom. The number of carbonyl (C=O) groups is 1. The first kappa shape index (κ1) is 28.0. The number of aliphatic hydroxyl groups is 2. The lowest BCUT2D eigenvalue weighted by molar-refractivity contribution is 0.174. The summed E-state index contributed by atoms with van der Waals surface area (Å²) in [5.74, 6) is 0.717. The van der Waals surface area contributed by atoms with Gasteiger partial charge in [-0.15, -0.1) is 0 Å². The molecule has 0 aliphatic carbocycles. The van der Waals surface area contributed by atoms with Gasteiger partial charge in [0.25, 0.3) is 0 Å². The maximum absolute atomic E-state index is 11.4. The van der Waals surface area contributed by atoms with Gasteiger partial charge in [0.15, 0.2) is 0 Å². The van der Waals surface area contributed by atoms with E-state index in [1.165, 1.54) is 6.07 Å². The summed E-state index contributed by atoms with van der Waals surface area (Å²) in [6, 6.07) is 19.6. The molecular weight excluding hydrogens is 498 g/mol. The van der Waals surface area contributed by atoms with Crippen LogP contribution < -0.4 is 20.7 Å². The number of phenols is 1. The third kappa shape index (κ3) is 7.73. The van der Waals surface area contributed by atoms with Crippen molar-refractivity contribution in [3.63, 3.8) is 0 Å². The molecule has 1 amide bonds. The van der Waals surface area contributed by atoms with E-state index in [1.54, 1.807) is 18.2 Å². The van der Waals surface area contributed by atoms with Gasteiger partial charge in [-0.25, -0.2) is 4.79 Å². The molecule has 9 nitrogen and oxygen atoms in total. The van der Waals surface area contributed by atoms with E-state index in [2.05, 4.69) is 16.0 Å². The number of aliphatic hydroxyl groups excluding tert-OH is 2. The highest BCUT2D eigenvalue weighted by molar-refractivity contribution is 5.78. The summed E-state index contributed by atoms with van der Waals surface area (Å²) in [7, 11) is 0. The molecule has 0 saturated carbocycles. The molecule has 0 spiro atoms. The van der Waals surface area contributed by atoms with E-state index >= 15 is 0 Å². The van der Waals surface area contributed by atoms with Crippen LogP contribution in [0.25, 0.3) is 6.08 Å². The Balaban J connectivity index is 1.18. The second-order valence-electron chi connectivity index (χ2n) is 9.41. The lowest BCUT2D eigenvalue weighted by atomic mass is 9.97. The molecule has 39 heavy (non-hydrogen) atoms. The van der Waals surface area contributed by atoms with Crippen LogP contribution in [0.15, 0.2) is 72.8 Å². The van der Waals surface area contributed by atoms with E-state index in [9.17, 15) is 25.2 Å². The number of amides is 1. The van der Waals surface area contributed by atoms with Crippen molar-refractivity contribution in [1.29, 1.82) is 0 Å². The van der Waals surface area contributed by atoms with Crippen LogP contribution in [0.4, 0.5) is 10.5 Å². The summed E-state index contributed by atoms with van der Waals surface area (Å²) >= 11 is 0. The van der Waals surface area contributed by atoms with Crippen molar-refractivity contribution in [3.05, 3.63) is 95.1 Å². The molecule has 0 saturated heterocycles. The van der Waals surface area contributed by atoms with Crippen LogP contribution in [-0.2, 0) is 0 Å². The average molecular weight is 534 g/mol. The lowest BCUT2D eigenvalue weighted by Gasteiger charge is -2.23. The molecule has 1 heterocycles. The Kier molecular flexibility index (Phi) is 9.80. The summed E-state index contributed by atoms with van der Waals surface area (Å²) in [5.41, 5.74) is 3.42. The molecule has 7 N–H and O–H groups in total. The highest BCUT2D eigenvalue weighted by Gasteiger charge is 2.21. The SMILES string of the molecule is O=C(O)NC(c1ccccc1)c1cccc(OCCCCCNCC(O)c2ccc(O)c3c2C=CC(O)N3)c1. The van der Waals surface area contributed by atoms with Crippen molar-refractivity contribution >= 4 is 17.9 Å². The predicted molar refractivity (Wildman–Crippen MR) is 150 cm³/mol. The number of ether oxygens (including phenoxy) is 1. The van der Waals surface area contributed by atoms with Crippen molar-refractivity contribution in [2.45, 2.75) is 37.6 Å². The number of hydrogen-bond donors (Lipinski definition) is 7. The maximum Gasteiger partial charge on any atom is 0.405 e. The fourth-order valence-electron chi connectivity index (χ4n) is 4.61. The molecular formula is C30H35N3O6. The second-order valence-corrected chi connectivity index (χ2v) is 9.41. The molecule has 0 aromatic heterocycles. The van der Waals surface area contributed by atoms with Crippen molar-refractivity contribution < 1.29 is 30.0 Å². The van der Waals surface area contributed by atoms with Gasteiger partial charge in [0.1, 0.15) is 17.7 Å². The average Bonchev–Trinajstić information content (AvgIpc) is 2.94. The normalized spacial score (nSPS) is 15.6. The van der Waals surface area contributed by atoms with E-state index in [1.807, 2.05) is 54.6 Å². The van der Waals surface area contributed by atoms with Gasteiger partial charge in [-0.2, -0.15) is 0 Å². The predicted octanol–water partition coefficient (Wildman–Crippen LogP) is 4.38. The Bertz CT molecular complexity index is 1270. The molecule has 4 rings (SSSR count). The van der Waals surface area contributed by atoms with Crippen molar-refractivity contribution in [2.75, 3.05) is 25.0 Å². The van der Waals surface area contributed by atoms with Gasteiger partial charge in [-0.3, -0.25) is 0 Å². The molecule has 1 aliphatic heterocycles. The van der Waals surface area contributed by atoms with Crippen molar-refractivity contribution in [3.8, 4) is 11.5 Å². The minimum Gasteiger partial charge on any atom is -0.506 e. The highest BCUT2D eigenvalue weighted by atomic mass is 16.5. The van der Waals surface area contributed by atoms with Crippen LogP contribution in [-0.4, -0.2) is 52.4 Å². The third-order valence-corrected chi connectivity index (χ3v) is 6.55. The highest BCUT2D eigenvalue weighted by Crippen LogP contribution is 2.36. The zero-order chi connectivity index (χ0) is 27.6. The second kappa shape index (κ2) is 13.7. The number of benzene rings is 3. The van der Waals surface area contributed by atoms with Crippen LogP contribution >= 0.6 is 0 Å². The summed E-state index contributed by atoms with van der Waals surface area (Å²) in [5, 5.41) is 48.4. The lowest BCUT2D eigenvalue weighted by Crippen LogP contribution is -2.27. The molecule has 1 aliphatic rings. The zero-order valence-electron chi connectivity index (χ0n) is 21.6. The number of anilines is 1. The molecule has 206 valence electrons. The number of carboxylic acid groups (broad SMARTS) is 1. The van der Waals surface area contributed by atoms with Gasteiger partial charge in [-0.1, -0.05) is 54.6 Å². The monoisotopic (exact) mass is 533 g/mol. The number of hydrogen-bond acceptors (Lipinski definition) is 7. The van der Waals surface area contributed by atoms with Crippen LogP contribution in [0, 0.1) is 0 Å². The Labute approximate surface area is 227 Å². The van der Waals surface area contributed by atoms with Gasteiger partial charge >= 0.3 is 6.09 Å². The van der Waals surface area contributed by atoms with Crippen molar-refractivity contribution in [2.24, 2.45) is 0 Å². The quantitative estimate of drug-likeness (QED) is 0.127. The number of fused-ring (bicyclic) bond motifs is 1. The minimum atomic E-state index is -1.09. The Morgan fingerprint density at radius 3 is 2.59 bits per heavy atom. The maximum atomic E-state index is 11.4. The summed E-state index contributed by atoms with van der Waals surface area (Å²) in [6.45, 7) is 1.64. The van der Waals surface area contributed by atoms with Gasteiger partial charge < -0.3 is 41.1 Å².